The molecule has 0 aliphatic heterocycles. The van der Waals surface area contributed by atoms with Crippen molar-refractivity contribution in [2.45, 2.75) is 19.8 Å². The second kappa shape index (κ2) is 10.2. The van der Waals surface area contributed by atoms with Crippen molar-refractivity contribution in [2.24, 2.45) is 4.99 Å². The van der Waals surface area contributed by atoms with Crippen LogP contribution >= 0.6 is 0 Å². The number of methoxy groups -OCH3 is 1. The molecule has 0 spiro atoms. The number of aliphatic imine (C=N–C) groups is 1. The van der Waals surface area contributed by atoms with Crippen LogP contribution in [0.25, 0.3) is 0 Å². The Balaban J connectivity index is 1.85. The molecule has 25 heavy (non-hydrogen) atoms. The fourth-order valence-corrected chi connectivity index (χ4v) is 2.42. The molecule has 0 atom stereocenters. The van der Waals surface area contributed by atoms with Crippen LogP contribution in [0.15, 0.2) is 58.7 Å². The normalized spacial score (nSPS) is 11.2. The van der Waals surface area contributed by atoms with Gasteiger partial charge >= 0.3 is 0 Å². The summed E-state index contributed by atoms with van der Waals surface area (Å²) in [7, 11) is 1.70. The van der Waals surface area contributed by atoms with E-state index in [0.717, 1.165) is 42.4 Å². The Labute approximate surface area is 149 Å². The van der Waals surface area contributed by atoms with Gasteiger partial charge in [-0.15, -0.1) is 6.58 Å². The van der Waals surface area contributed by atoms with Crippen LogP contribution in [-0.4, -0.2) is 32.7 Å². The van der Waals surface area contributed by atoms with Crippen molar-refractivity contribution in [2.75, 3.05) is 26.7 Å². The average molecular weight is 341 g/mol. The van der Waals surface area contributed by atoms with Crippen LogP contribution in [-0.2, 0) is 12.8 Å². The molecule has 0 aliphatic carbocycles. The molecule has 0 saturated carbocycles. The molecule has 0 radical (unpaired) electrons. The van der Waals surface area contributed by atoms with Crippen LogP contribution in [0.5, 0.6) is 5.75 Å². The summed E-state index contributed by atoms with van der Waals surface area (Å²) in [5.74, 6) is 2.65. The maximum atomic E-state index is 5.38. The van der Waals surface area contributed by atoms with Gasteiger partial charge in [0, 0.05) is 26.1 Å². The average Bonchev–Trinajstić information content (AvgIpc) is 3.14. The Bertz CT molecular complexity index is 678. The fraction of sp³-hybridized carbons (Fsp3) is 0.350. The van der Waals surface area contributed by atoms with Gasteiger partial charge in [0.05, 0.1) is 13.4 Å². The summed E-state index contributed by atoms with van der Waals surface area (Å²) in [5, 5.41) is 6.59. The zero-order chi connectivity index (χ0) is 17.9. The van der Waals surface area contributed by atoms with Crippen LogP contribution in [0.4, 0.5) is 0 Å². The molecule has 1 aromatic carbocycles. The smallest absolute Gasteiger partial charge is 0.191 e. The van der Waals surface area contributed by atoms with E-state index in [1.54, 1.807) is 13.4 Å². The molecule has 1 heterocycles. The van der Waals surface area contributed by atoms with E-state index >= 15 is 0 Å². The van der Waals surface area contributed by atoms with Gasteiger partial charge in [-0.3, -0.25) is 4.99 Å². The summed E-state index contributed by atoms with van der Waals surface area (Å²) in [6.45, 7) is 7.90. The highest BCUT2D eigenvalue weighted by Gasteiger charge is 2.02. The van der Waals surface area contributed by atoms with Crippen molar-refractivity contribution >= 4 is 5.96 Å². The van der Waals surface area contributed by atoms with Gasteiger partial charge in [-0.1, -0.05) is 18.2 Å². The van der Waals surface area contributed by atoms with Gasteiger partial charge in [-0.25, -0.2) is 0 Å². The Morgan fingerprint density at radius 2 is 2.16 bits per heavy atom. The number of hydrogen-bond acceptors (Lipinski definition) is 3. The Morgan fingerprint density at radius 1 is 1.28 bits per heavy atom. The second-order valence-corrected chi connectivity index (χ2v) is 5.71. The summed E-state index contributed by atoms with van der Waals surface area (Å²) in [4.78, 5) is 4.58. The summed E-state index contributed by atoms with van der Waals surface area (Å²) in [6, 6.07) is 10.2. The van der Waals surface area contributed by atoms with Gasteiger partial charge in [0.2, 0.25) is 0 Å². The minimum atomic E-state index is 0.665. The minimum Gasteiger partial charge on any atom is -0.496 e. The standard InChI is InChI=1S/C20H27N3O2/c1-4-11-21-20(23-13-10-18-6-5-14-25-18)22-12-9-17-8-7-16(2)19(15-17)24-3/h4-8,14-15H,1,9-13H2,2-3H3,(H2,21,22,23). The lowest BCUT2D eigenvalue weighted by Crippen LogP contribution is -2.38. The maximum absolute atomic E-state index is 5.38. The molecule has 0 amide bonds. The van der Waals surface area contributed by atoms with E-state index in [0.29, 0.717) is 13.1 Å². The predicted octanol–water partition coefficient (Wildman–Crippen LogP) is 3.10. The molecule has 5 nitrogen and oxygen atoms in total. The molecule has 0 bridgehead atoms. The quantitative estimate of drug-likeness (QED) is 0.418. The van der Waals surface area contributed by atoms with E-state index in [2.05, 4.69) is 40.4 Å². The maximum Gasteiger partial charge on any atom is 0.191 e. The number of rotatable bonds is 9. The molecule has 0 fully saturated rings. The molecule has 2 aromatic rings. The first kappa shape index (κ1) is 18.6. The van der Waals surface area contributed by atoms with E-state index in [9.17, 15) is 0 Å². The number of nitrogens with zero attached hydrogens (tertiary/aromatic N) is 1. The lowest BCUT2D eigenvalue weighted by Gasteiger charge is -2.12. The monoisotopic (exact) mass is 341 g/mol. The highest BCUT2D eigenvalue weighted by Crippen LogP contribution is 2.18. The highest BCUT2D eigenvalue weighted by atomic mass is 16.5. The summed E-state index contributed by atoms with van der Waals surface area (Å²) < 4.78 is 10.7. The molecule has 5 heteroatoms. The first-order valence-corrected chi connectivity index (χ1v) is 8.52. The van der Waals surface area contributed by atoms with Crippen molar-refractivity contribution in [3.8, 4) is 5.75 Å². The van der Waals surface area contributed by atoms with Crippen LogP contribution in [0.2, 0.25) is 0 Å². The number of furan rings is 1. The van der Waals surface area contributed by atoms with Crippen LogP contribution < -0.4 is 15.4 Å². The first-order valence-electron chi connectivity index (χ1n) is 8.52. The summed E-state index contributed by atoms with van der Waals surface area (Å²) in [5.41, 5.74) is 2.38. The minimum absolute atomic E-state index is 0.665. The molecule has 134 valence electrons. The largest absolute Gasteiger partial charge is 0.496 e. The molecule has 2 N–H and O–H groups in total. The number of benzene rings is 1. The van der Waals surface area contributed by atoms with Crippen molar-refractivity contribution in [3.05, 3.63) is 66.1 Å². The zero-order valence-electron chi connectivity index (χ0n) is 15.0. The van der Waals surface area contributed by atoms with Crippen LogP contribution in [0.3, 0.4) is 0 Å². The van der Waals surface area contributed by atoms with Gasteiger partial charge in [-0.05, 0) is 42.7 Å². The number of aryl methyl sites for hydroxylation is 1. The van der Waals surface area contributed by atoms with Crippen LogP contribution in [0, 0.1) is 6.92 Å². The Kier molecular flexibility index (Phi) is 7.63. The molecule has 1 aromatic heterocycles. The van der Waals surface area contributed by atoms with Crippen molar-refractivity contribution in [1.82, 2.24) is 10.6 Å². The van der Waals surface area contributed by atoms with E-state index < -0.39 is 0 Å². The Hall–Kier alpha value is -2.69. The SMILES string of the molecule is C=CCNC(=NCCc1ccco1)NCCc1ccc(C)c(OC)c1. The lowest BCUT2D eigenvalue weighted by atomic mass is 10.1. The molecular formula is C20H27N3O2. The third-order valence-electron chi connectivity index (χ3n) is 3.80. The molecular weight excluding hydrogens is 314 g/mol. The van der Waals surface area contributed by atoms with E-state index in [1.807, 2.05) is 25.1 Å². The molecule has 0 unspecified atom stereocenters. The molecule has 0 aliphatic rings. The molecule has 2 rings (SSSR count). The van der Waals surface area contributed by atoms with Gasteiger partial charge in [0.15, 0.2) is 5.96 Å². The number of guanidine groups is 1. The van der Waals surface area contributed by atoms with E-state index in [-0.39, 0.29) is 0 Å². The van der Waals surface area contributed by atoms with Crippen molar-refractivity contribution in [3.63, 3.8) is 0 Å². The highest BCUT2D eigenvalue weighted by molar-refractivity contribution is 5.79. The zero-order valence-corrected chi connectivity index (χ0v) is 15.0. The van der Waals surface area contributed by atoms with E-state index in [1.165, 1.54) is 5.56 Å². The molecule has 0 saturated heterocycles. The van der Waals surface area contributed by atoms with Gasteiger partial charge in [-0.2, -0.15) is 0 Å². The number of nitrogens with one attached hydrogen (secondary N) is 2. The fourth-order valence-electron chi connectivity index (χ4n) is 2.42. The first-order chi connectivity index (χ1) is 12.2. The van der Waals surface area contributed by atoms with Gasteiger partial charge < -0.3 is 19.8 Å². The third-order valence-corrected chi connectivity index (χ3v) is 3.80. The topological polar surface area (TPSA) is 58.8 Å². The van der Waals surface area contributed by atoms with Gasteiger partial charge in [0.25, 0.3) is 0 Å². The number of hydrogen-bond donors (Lipinski definition) is 2. The Morgan fingerprint density at radius 3 is 2.88 bits per heavy atom. The van der Waals surface area contributed by atoms with Crippen molar-refractivity contribution < 1.29 is 9.15 Å². The number of ether oxygens (including phenoxy) is 1. The van der Waals surface area contributed by atoms with Crippen molar-refractivity contribution in [1.29, 1.82) is 0 Å². The van der Waals surface area contributed by atoms with E-state index in [4.69, 9.17) is 9.15 Å². The lowest BCUT2D eigenvalue weighted by molar-refractivity contribution is 0.411. The summed E-state index contributed by atoms with van der Waals surface area (Å²) in [6.07, 6.45) is 5.17. The summed E-state index contributed by atoms with van der Waals surface area (Å²) >= 11 is 0. The second-order valence-electron chi connectivity index (χ2n) is 5.71. The predicted molar refractivity (Wildman–Crippen MR) is 102 cm³/mol. The van der Waals surface area contributed by atoms with Crippen LogP contribution in [0.1, 0.15) is 16.9 Å². The third kappa shape index (κ3) is 6.37. The van der Waals surface area contributed by atoms with Gasteiger partial charge in [0.1, 0.15) is 11.5 Å².